The normalized spacial score (nSPS) is 16.3. The summed E-state index contributed by atoms with van der Waals surface area (Å²) in [6, 6.07) is 3.68. The fourth-order valence-corrected chi connectivity index (χ4v) is 4.13. The van der Waals surface area contributed by atoms with Gasteiger partial charge in [-0.25, -0.2) is 12.8 Å². The fraction of sp³-hybridized carbons (Fsp3) is 0.588. The first-order valence-corrected chi connectivity index (χ1v) is 9.93. The van der Waals surface area contributed by atoms with E-state index in [1.165, 1.54) is 16.4 Å². The number of nitrogens with zero attached hydrogens (tertiary/aromatic N) is 2. The fourth-order valence-electron chi connectivity index (χ4n) is 2.69. The first-order chi connectivity index (χ1) is 11.8. The van der Waals surface area contributed by atoms with E-state index in [0.717, 1.165) is 12.5 Å². The predicted molar refractivity (Wildman–Crippen MR) is 92.4 cm³/mol. The highest BCUT2D eigenvalue weighted by atomic mass is 32.2. The highest BCUT2D eigenvalue weighted by Crippen LogP contribution is 2.25. The number of sulfonamides is 1. The summed E-state index contributed by atoms with van der Waals surface area (Å²) >= 11 is 0. The van der Waals surface area contributed by atoms with E-state index in [1.54, 1.807) is 18.7 Å². The summed E-state index contributed by atoms with van der Waals surface area (Å²) in [4.78, 5) is 13.5. The van der Waals surface area contributed by atoms with Crippen molar-refractivity contribution in [3.63, 3.8) is 0 Å². The van der Waals surface area contributed by atoms with Crippen molar-refractivity contribution < 1.29 is 22.3 Å². The number of halogens is 1. The van der Waals surface area contributed by atoms with E-state index in [1.807, 2.05) is 6.92 Å². The molecule has 6 nitrogen and oxygen atoms in total. The molecule has 0 aromatic heterocycles. The van der Waals surface area contributed by atoms with Crippen LogP contribution in [0.2, 0.25) is 0 Å². The Labute approximate surface area is 148 Å². The molecule has 0 saturated carbocycles. The number of hydrogen-bond acceptors (Lipinski definition) is 4. The third kappa shape index (κ3) is 4.70. The van der Waals surface area contributed by atoms with Crippen LogP contribution in [0.25, 0.3) is 0 Å². The molecular weight excluding hydrogens is 347 g/mol. The number of piperazine rings is 1. The van der Waals surface area contributed by atoms with Gasteiger partial charge in [0, 0.05) is 32.6 Å². The highest BCUT2D eigenvalue weighted by molar-refractivity contribution is 7.89. The van der Waals surface area contributed by atoms with Gasteiger partial charge in [-0.1, -0.05) is 6.92 Å². The second-order valence-electron chi connectivity index (χ2n) is 6.29. The van der Waals surface area contributed by atoms with Crippen LogP contribution in [0.5, 0.6) is 5.75 Å². The number of amides is 1. The van der Waals surface area contributed by atoms with Gasteiger partial charge in [0.15, 0.2) is 11.6 Å². The second-order valence-corrected chi connectivity index (χ2v) is 8.23. The topological polar surface area (TPSA) is 66.9 Å². The third-order valence-electron chi connectivity index (χ3n) is 3.96. The van der Waals surface area contributed by atoms with Gasteiger partial charge in [-0.3, -0.25) is 4.79 Å². The Bertz CT molecular complexity index is 713. The summed E-state index contributed by atoms with van der Waals surface area (Å²) in [6.07, 6.45) is 1.03. The van der Waals surface area contributed by atoms with Gasteiger partial charge in [0.05, 0.1) is 11.0 Å². The summed E-state index contributed by atoms with van der Waals surface area (Å²) in [5.41, 5.74) is 0. The summed E-state index contributed by atoms with van der Waals surface area (Å²) in [7, 11) is -3.79. The maximum atomic E-state index is 14.1. The second kappa shape index (κ2) is 8.14. The quantitative estimate of drug-likeness (QED) is 0.768. The van der Waals surface area contributed by atoms with Crippen LogP contribution in [0.15, 0.2) is 23.1 Å². The Morgan fingerprint density at radius 1 is 1.24 bits per heavy atom. The molecule has 1 aromatic carbocycles. The van der Waals surface area contributed by atoms with E-state index in [-0.39, 0.29) is 35.7 Å². The number of hydrogen-bond donors (Lipinski definition) is 0. The van der Waals surface area contributed by atoms with E-state index >= 15 is 0 Å². The number of carbonyl (C=O) groups is 1. The first-order valence-electron chi connectivity index (χ1n) is 8.49. The molecule has 1 aliphatic rings. The molecule has 1 saturated heterocycles. The monoisotopic (exact) mass is 372 g/mol. The van der Waals surface area contributed by atoms with Crippen molar-refractivity contribution in [3.8, 4) is 5.75 Å². The largest absolute Gasteiger partial charge is 0.488 e. The van der Waals surface area contributed by atoms with Gasteiger partial charge in [0.25, 0.3) is 0 Å². The number of ether oxygens (including phenoxy) is 1. The summed E-state index contributed by atoms with van der Waals surface area (Å²) in [5, 5.41) is 0. The van der Waals surface area contributed by atoms with Gasteiger partial charge >= 0.3 is 0 Å². The maximum absolute atomic E-state index is 14.1. The molecule has 140 valence electrons. The van der Waals surface area contributed by atoms with Crippen LogP contribution in [0.4, 0.5) is 4.39 Å². The van der Waals surface area contributed by atoms with Crippen LogP contribution < -0.4 is 4.74 Å². The van der Waals surface area contributed by atoms with Gasteiger partial charge in [0.2, 0.25) is 15.9 Å². The average molecular weight is 372 g/mol. The molecule has 1 amide bonds. The van der Waals surface area contributed by atoms with E-state index in [9.17, 15) is 17.6 Å². The molecule has 25 heavy (non-hydrogen) atoms. The summed E-state index contributed by atoms with van der Waals surface area (Å²) < 4.78 is 46.1. The van der Waals surface area contributed by atoms with Crippen LogP contribution in [-0.2, 0) is 14.8 Å². The van der Waals surface area contributed by atoms with Crippen molar-refractivity contribution in [2.75, 3.05) is 26.2 Å². The van der Waals surface area contributed by atoms with E-state index in [0.29, 0.717) is 19.5 Å². The Balaban J connectivity index is 2.09. The van der Waals surface area contributed by atoms with E-state index in [4.69, 9.17) is 4.74 Å². The summed E-state index contributed by atoms with van der Waals surface area (Å²) in [6.45, 7) is 6.60. The molecule has 0 aliphatic carbocycles. The minimum atomic E-state index is -3.79. The molecule has 0 bridgehead atoms. The molecular formula is C17H25FN2O4S. The number of carbonyl (C=O) groups excluding carboxylic acids is 1. The van der Waals surface area contributed by atoms with Crippen LogP contribution in [0.1, 0.15) is 33.6 Å². The molecule has 8 heteroatoms. The van der Waals surface area contributed by atoms with Crippen molar-refractivity contribution in [3.05, 3.63) is 24.0 Å². The SMILES string of the molecule is CCCC(=O)N1CCN(S(=O)(=O)c2ccc(OC(C)C)c(F)c2)CC1. The first kappa shape index (κ1) is 19.7. The Hall–Kier alpha value is -1.67. The lowest BCUT2D eigenvalue weighted by atomic mass is 10.2. The van der Waals surface area contributed by atoms with Crippen molar-refractivity contribution in [2.24, 2.45) is 0 Å². The highest BCUT2D eigenvalue weighted by Gasteiger charge is 2.30. The number of benzene rings is 1. The minimum Gasteiger partial charge on any atom is -0.488 e. The van der Waals surface area contributed by atoms with Crippen molar-refractivity contribution in [2.45, 2.75) is 44.6 Å². The van der Waals surface area contributed by atoms with Crippen LogP contribution >= 0.6 is 0 Å². The van der Waals surface area contributed by atoms with Crippen LogP contribution in [0.3, 0.4) is 0 Å². The lowest BCUT2D eigenvalue weighted by molar-refractivity contribution is -0.132. The Kier molecular flexibility index (Phi) is 6.40. The zero-order valence-corrected chi connectivity index (χ0v) is 15.7. The molecule has 0 spiro atoms. The molecule has 1 aromatic rings. The Morgan fingerprint density at radius 2 is 1.88 bits per heavy atom. The lowest BCUT2D eigenvalue weighted by Crippen LogP contribution is -2.50. The van der Waals surface area contributed by atoms with Gasteiger partial charge in [-0.05, 0) is 38.5 Å². The molecule has 0 radical (unpaired) electrons. The number of rotatable bonds is 6. The molecule has 0 atom stereocenters. The van der Waals surface area contributed by atoms with E-state index < -0.39 is 15.8 Å². The van der Waals surface area contributed by atoms with Crippen molar-refractivity contribution in [1.82, 2.24) is 9.21 Å². The van der Waals surface area contributed by atoms with Gasteiger partial charge in [-0.15, -0.1) is 0 Å². The van der Waals surface area contributed by atoms with Crippen LogP contribution in [0, 0.1) is 5.82 Å². The molecule has 0 unspecified atom stereocenters. The zero-order valence-electron chi connectivity index (χ0n) is 14.9. The van der Waals surface area contributed by atoms with Gasteiger partial charge < -0.3 is 9.64 Å². The molecule has 1 fully saturated rings. The summed E-state index contributed by atoms with van der Waals surface area (Å²) in [5.74, 6) is -0.628. The average Bonchev–Trinajstić information content (AvgIpc) is 2.56. The van der Waals surface area contributed by atoms with Gasteiger partial charge in [-0.2, -0.15) is 4.31 Å². The molecule has 1 aliphatic heterocycles. The zero-order chi connectivity index (χ0) is 18.6. The van der Waals surface area contributed by atoms with Crippen molar-refractivity contribution in [1.29, 1.82) is 0 Å². The third-order valence-corrected chi connectivity index (χ3v) is 5.85. The van der Waals surface area contributed by atoms with Crippen LogP contribution in [-0.4, -0.2) is 55.8 Å². The lowest BCUT2D eigenvalue weighted by Gasteiger charge is -2.34. The Morgan fingerprint density at radius 3 is 2.40 bits per heavy atom. The maximum Gasteiger partial charge on any atom is 0.243 e. The molecule has 2 rings (SSSR count). The molecule has 0 N–H and O–H groups in total. The smallest absolute Gasteiger partial charge is 0.243 e. The van der Waals surface area contributed by atoms with Crippen molar-refractivity contribution >= 4 is 15.9 Å². The standard InChI is InChI=1S/C17H25FN2O4S/c1-4-5-17(21)19-8-10-20(11-9-19)25(22,23)14-6-7-16(15(18)12-14)24-13(2)3/h6-7,12-13H,4-5,8-11H2,1-3H3. The molecule has 1 heterocycles. The van der Waals surface area contributed by atoms with E-state index in [2.05, 4.69) is 0 Å². The minimum absolute atomic E-state index is 0.0314. The van der Waals surface area contributed by atoms with Gasteiger partial charge in [0.1, 0.15) is 0 Å². The predicted octanol–water partition coefficient (Wildman–Crippen LogP) is 2.25.